The topological polar surface area (TPSA) is 112 Å². The maximum Gasteiger partial charge on any atom is 0.387 e. The van der Waals surface area contributed by atoms with Gasteiger partial charge in [-0.1, -0.05) is 27.7 Å². The van der Waals surface area contributed by atoms with Gasteiger partial charge in [-0.25, -0.2) is 14.0 Å². The van der Waals surface area contributed by atoms with Gasteiger partial charge in [-0.15, -0.1) is 11.3 Å². The Bertz CT molecular complexity index is 1050. The van der Waals surface area contributed by atoms with E-state index in [1.807, 2.05) is 27.7 Å². The van der Waals surface area contributed by atoms with Gasteiger partial charge < -0.3 is 9.84 Å². The normalized spacial score (nSPS) is 14.1. The summed E-state index contributed by atoms with van der Waals surface area (Å²) in [7, 11) is -3.69. The summed E-state index contributed by atoms with van der Waals surface area (Å²) >= 11 is 0.892. The number of benzene rings is 1. The lowest BCUT2D eigenvalue weighted by Crippen LogP contribution is -2.31. The number of halogens is 2. The monoisotopic (exact) mass is 489 g/mol. The van der Waals surface area contributed by atoms with Crippen LogP contribution in [0.15, 0.2) is 22.5 Å². The number of aromatic nitrogens is 1. The van der Waals surface area contributed by atoms with E-state index in [9.17, 15) is 22.9 Å². The molecule has 0 saturated carbocycles. The quantitative estimate of drug-likeness (QED) is 0.464. The number of carbonyl (C=O) groups is 1. The number of hydrogen-bond donors (Lipinski definition) is 3. The lowest BCUT2D eigenvalue weighted by Gasteiger charge is -2.21. The van der Waals surface area contributed by atoms with Gasteiger partial charge in [-0.05, 0) is 54.5 Å². The first-order valence-electron chi connectivity index (χ1n) is 10.0. The number of amides is 1. The van der Waals surface area contributed by atoms with Crippen LogP contribution >= 0.6 is 11.3 Å². The summed E-state index contributed by atoms with van der Waals surface area (Å²) in [6, 6.07) is 2.98. The third kappa shape index (κ3) is 6.46. The molecular weight excluding hydrogens is 460 g/mol. The minimum Gasteiger partial charge on any atom is -0.435 e. The van der Waals surface area contributed by atoms with Crippen molar-refractivity contribution in [2.75, 3.05) is 0 Å². The largest absolute Gasteiger partial charge is 0.435 e. The molecule has 0 fully saturated rings. The van der Waals surface area contributed by atoms with Gasteiger partial charge in [0.25, 0.3) is 0 Å². The number of thiazole rings is 1. The molecule has 0 radical (unpaired) electrons. The fraction of sp³-hybridized carbons (Fsp3) is 0.524. The zero-order valence-corrected chi connectivity index (χ0v) is 20.5. The Hall–Kier alpha value is -2.11. The fourth-order valence-electron chi connectivity index (χ4n) is 3.18. The summed E-state index contributed by atoms with van der Waals surface area (Å²) < 4.78 is 53.4. The maximum atomic E-state index is 12.9. The molecule has 0 spiro atoms. The third-order valence-corrected chi connectivity index (χ3v) is 7.89. The molecule has 3 N–H and O–H groups in total. The van der Waals surface area contributed by atoms with E-state index in [4.69, 9.17) is 4.78 Å². The summed E-state index contributed by atoms with van der Waals surface area (Å²) in [6.45, 7) is 7.55. The number of nitrogens with zero attached hydrogens (tertiary/aromatic N) is 1. The Kier molecular flexibility index (Phi) is 8.01. The van der Waals surface area contributed by atoms with E-state index in [-0.39, 0.29) is 33.2 Å². The van der Waals surface area contributed by atoms with Crippen molar-refractivity contribution in [3.63, 3.8) is 0 Å². The van der Waals surface area contributed by atoms with Gasteiger partial charge in [0, 0.05) is 0 Å². The predicted octanol–water partition coefficient (Wildman–Crippen LogP) is 4.90. The van der Waals surface area contributed by atoms with Crippen LogP contribution in [0.3, 0.4) is 0 Å². The molecule has 178 valence electrons. The number of hydrogen-bond acceptors (Lipinski definition) is 7. The minimum absolute atomic E-state index is 0.0182. The molecule has 2 aromatic rings. The number of carbonyl (C=O) groups excluding carboxylic acids is 1. The van der Waals surface area contributed by atoms with Crippen LogP contribution < -0.4 is 9.46 Å². The Labute approximate surface area is 191 Å². The summed E-state index contributed by atoms with van der Waals surface area (Å²) in [5.41, 5.74) is 0.704. The van der Waals surface area contributed by atoms with Gasteiger partial charge >= 0.3 is 6.61 Å². The van der Waals surface area contributed by atoms with Crippen LogP contribution in [0.4, 0.5) is 8.78 Å². The van der Waals surface area contributed by atoms with E-state index in [0.717, 1.165) is 11.3 Å². The van der Waals surface area contributed by atoms with Gasteiger partial charge in [0.2, 0.25) is 5.91 Å². The van der Waals surface area contributed by atoms with Gasteiger partial charge in [0.05, 0.1) is 12.6 Å². The lowest BCUT2D eigenvalue weighted by molar-refractivity contribution is -0.118. The maximum absolute atomic E-state index is 12.9. The SMILES string of the molecule is CC(C)c1cc(OC(F)F)cc(C(C)C)c1CC(=O)NS(=N)(=O)c1cnc(C(C)(C)O)s1. The Morgan fingerprint density at radius 2 is 1.78 bits per heavy atom. The molecule has 1 amide bonds. The smallest absolute Gasteiger partial charge is 0.387 e. The summed E-state index contributed by atoms with van der Waals surface area (Å²) in [5.74, 6) is -0.806. The molecule has 32 heavy (non-hydrogen) atoms. The number of ether oxygens (including phenoxy) is 1. The van der Waals surface area contributed by atoms with E-state index >= 15 is 0 Å². The predicted molar refractivity (Wildman–Crippen MR) is 120 cm³/mol. The molecule has 1 aromatic heterocycles. The van der Waals surface area contributed by atoms with E-state index in [1.165, 1.54) is 32.2 Å². The molecule has 0 aliphatic heterocycles. The zero-order valence-electron chi connectivity index (χ0n) is 18.9. The number of alkyl halides is 2. The molecule has 1 atom stereocenters. The highest BCUT2D eigenvalue weighted by atomic mass is 32.2. The number of nitrogens with one attached hydrogen (secondary N) is 2. The standard InChI is InChI=1S/C21H29F2N3O4S2/c1-11(2)14-7-13(30-20(22)23)8-15(12(3)4)16(14)9-17(27)26-32(24,29)18-10-25-19(31-18)21(5,6)28/h7-8,10-12,20,28H,9H2,1-6H3,(H2,24,26,27,29). The van der Waals surface area contributed by atoms with E-state index in [2.05, 4.69) is 14.4 Å². The fourth-order valence-corrected chi connectivity index (χ4v) is 5.35. The molecule has 2 rings (SSSR count). The van der Waals surface area contributed by atoms with E-state index in [0.29, 0.717) is 16.7 Å². The molecule has 1 unspecified atom stereocenters. The van der Waals surface area contributed by atoms with Crippen LogP contribution in [-0.4, -0.2) is 26.8 Å². The Balaban J connectivity index is 2.36. The average Bonchev–Trinajstić information content (AvgIpc) is 3.12. The van der Waals surface area contributed by atoms with Gasteiger partial charge in [-0.3, -0.25) is 9.52 Å². The molecule has 7 nitrogen and oxygen atoms in total. The van der Waals surface area contributed by atoms with Crippen molar-refractivity contribution >= 4 is 27.2 Å². The highest BCUT2D eigenvalue weighted by Gasteiger charge is 2.26. The van der Waals surface area contributed by atoms with E-state index in [1.54, 1.807) is 0 Å². The molecule has 0 aliphatic rings. The average molecular weight is 490 g/mol. The highest BCUT2D eigenvalue weighted by Crippen LogP contribution is 2.34. The van der Waals surface area contributed by atoms with Gasteiger partial charge in [0.1, 0.15) is 20.6 Å². The second-order valence-electron chi connectivity index (χ2n) is 8.57. The van der Waals surface area contributed by atoms with Gasteiger partial charge in [0.15, 0.2) is 9.92 Å². The zero-order chi connectivity index (χ0) is 24.4. The molecular formula is C21H29F2N3O4S2. The lowest BCUT2D eigenvalue weighted by atomic mass is 9.86. The molecule has 0 bridgehead atoms. The van der Waals surface area contributed by atoms with Crippen LogP contribution in [0.25, 0.3) is 0 Å². The van der Waals surface area contributed by atoms with Crippen molar-refractivity contribution in [2.24, 2.45) is 0 Å². The molecule has 1 heterocycles. The summed E-state index contributed by atoms with van der Waals surface area (Å²) in [6.07, 6.45) is 1.03. The van der Waals surface area contributed by atoms with Crippen molar-refractivity contribution in [3.05, 3.63) is 40.0 Å². The molecule has 0 aliphatic carbocycles. The van der Waals surface area contributed by atoms with Crippen LogP contribution in [-0.2, 0) is 26.7 Å². The van der Waals surface area contributed by atoms with Crippen LogP contribution in [0.1, 0.15) is 75.1 Å². The van der Waals surface area contributed by atoms with Crippen LogP contribution in [0.2, 0.25) is 0 Å². The number of aliphatic hydroxyl groups is 1. The van der Waals surface area contributed by atoms with Crippen molar-refractivity contribution in [1.82, 2.24) is 9.71 Å². The summed E-state index contributed by atoms with van der Waals surface area (Å²) in [5, 5.41) is 10.3. The first-order chi connectivity index (χ1) is 14.6. The Morgan fingerprint density at radius 3 is 2.19 bits per heavy atom. The number of rotatable bonds is 9. The minimum atomic E-state index is -3.69. The van der Waals surface area contributed by atoms with Crippen molar-refractivity contribution in [1.29, 1.82) is 4.78 Å². The van der Waals surface area contributed by atoms with Crippen molar-refractivity contribution in [3.8, 4) is 5.75 Å². The van der Waals surface area contributed by atoms with Crippen LogP contribution in [0, 0.1) is 4.78 Å². The van der Waals surface area contributed by atoms with Crippen molar-refractivity contribution < 1.29 is 27.6 Å². The second kappa shape index (κ2) is 9.80. The summed E-state index contributed by atoms with van der Waals surface area (Å²) in [4.78, 5) is 16.8. The first kappa shape index (κ1) is 26.1. The third-order valence-electron chi connectivity index (χ3n) is 4.65. The van der Waals surface area contributed by atoms with E-state index < -0.39 is 28.0 Å². The first-order valence-corrected chi connectivity index (χ1v) is 12.4. The van der Waals surface area contributed by atoms with Crippen LogP contribution in [0.5, 0.6) is 5.75 Å². The van der Waals surface area contributed by atoms with Crippen molar-refractivity contribution in [2.45, 2.75) is 76.2 Å². The molecule has 0 saturated heterocycles. The second-order valence-corrected chi connectivity index (χ2v) is 11.6. The molecule has 11 heteroatoms. The highest BCUT2D eigenvalue weighted by molar-refractivity contribution is 7.93. The van der Waals surface area contributed by atoms with Gasteiger partial charge in [-0.2, -0.15) is 8.78 Å². The Morgan fingerprint density at radius 1 is 1.25 bits per heavy atom. The molecule has 1 aromatic carbocycles.